The maximum atomic E-state index is 5.59. The monoisotopic (exact) mass is 373 g/mol. The Morgan fingerprint density at radius 1 is 1.22 bits per heavy atom. The first-order chi connectivity index (χ1) is 13.3. The standard InChI is InChI=1S/C21H35N5O/c1-2-23-20(24-12-8-19-7-6-11-22-17-19)25-18-21(9-4-3-5-10-21)26-13-15-27-16-14-26/h6-7,11,17H,2-5,8-10,12-16,18H2,1H3,(H2,23,24,25). The molecular weight excluding hydrogens is 338 g/mol. The molecule has 0 atom stereocenters. The maximum Gasteiger partial charge on any atom is 0.191 e. The third kappa shape index (κ3) is 5.91. The summed E-state index contributed by atoms with van der Waals surface area (Å²) in [4.78, 5) is 11.9. The number of nitrogens with one attached hydrogen (secondary N) is 2. The minimum atomic E-state index is 0.216. The van der Waals surface area contributed by atoms with Gasteiger partial charge in [-0.2, -0.15) is 0 Å². The van der Waals surface area contributed by atoms with Crippen LogP contribution in [0.2, 0.25) is 0 Å². The average molecular weight is 374 g/mol. The molecule has 2 heterocycles. The summed E-state index contributed by atoms with van der Waals surface area (Å²) in [6, 6.07) is 4.11. The third-order valence-corrected chi connectivity index (χ3v) is 5.77. The van der Waals surface area contributed by atoms with Crippen LogP contribution in [0.15, 0.2) is 29.5 Å². The summed E-state index contributed by atoms with van der Waals surface area (Å²) in [6.07, 6.45) is 11.2. The lowest BCUT2D eigenvalue weighted by atomic mass is 9.80. The Labute approximate surface area is 163 Å². The fourth-order valence-electron chi connectivity index (χ4n) is 4.26. The Bertz CT molecular complexity index is 565. The number of aliphatic imine (C=N–C) groups is 1. The highest BCUT2D eigenvalue weighted by Gasteiger charge is 2.38. The predicted octanol–water partition coefficient (Wildman–Crippen LogP) is 2.21. The minimum Gasteiger partial charge on any atom is -0.379 e. The molecule has 1 aromatic heterocycles. The molecule has 0 spiro atoms. The molecule has 1 aliphatic carbocycles. The Balaban J connectivity index is 1.60. The lowest BCUT2D eigenvalue weighted by Gasteiger charge is -2.47. The van der Waals surface area contributed by atoms with Gasteiger partial charge in [0.2, 0.25) is 0 Å². The van der Waals surface area contributed by atoms with Gasteiger partial charge in [-0.1, -0.05) is 25.3 Å². The second-order valence-electron chi connectivity index (χ2n) is 7.62. The summed E-state index contributed by atoms with van der Waals surface area (Å²) in [5, 5.41) is 6.91. The van der Waals surface area contributed by atoms with E-state index in [1.165, 1.54) is 37.7 Å². The van der Waals surface area contributed by atoms with Crippen molar-refractivity contribution in [1.82, 2.24) is 20.5 Å². The summed E-state index contributed by atoms with van der Waals surface area (Å²) in [5.74, 6) is 0.930. The molecule has 2 N–H and O–H groups in total. The molecule has 0 bridgehead atoms. The van der Waals surface area contributed by atoms with Crippen molar-refractivity contribution >= 4 is 5.96 Å². The van der Waals surface area contributed by atoms with Crippen molar-refractivity contribution in [2.75, 3.05) is 45.9 Å². The van der Waals surface area contributed by atoms with E-state index in [0.717, 1.165) is 58.3 Å². The van der Waals surface area contributed by atoms with E-state index >= 15 is 0 Å². The lowest BCUT2D eigenvalue weighted by molar-refractivity contribution is -0.0333. The van der Waals surface area contributed by atoms with Crippen LogP contribution in [0.3, 0.4) is 0 Å². The highest BCUT2D eigenvalue weighted by atomic mass is 16.5. The Kier molecular flexibility index (Phi) is 7.90. The van der Waals surface area contributed by atoms with Gasteiger partial charge < -0.3 is 15.4 Å². The predicted molar refractivity (Wildman–Crippen MR) is 110 cm³/mol. The number of guanidine groups is 1. The van der Waals surface area contributed by atoms with Crippen molar-refractivity contribution in [2.45, 2.75) is 51.0 Å². The summed E-state index contributed by atoms with van der Waals surface area (Å²) in [5.41, 5.74) is 1.46. The van der Waals surface area contributed by atoms with Gasteiger partial charge in [0.05, 0.1) is 19.8 Å². The van der Waals surface area contributed by atoms with E-state index in [-0.39, 0.29) is 5.54 Å². The number of nitrogens with zero attached hydrogens (tertiary/aromatic N) is 3. The van der Waals surface area contributed by atoms with Crippen LogP contribution in [0.25, 0.3) is 0 Å². The zero-order valence-electron chi connectivity index (χ0n) is 16.8. The van der Waals surface area contributed by atoms with Gasteiger partial charge in [0.15, 0.2) is 5.96 Å². The van der Waals surface area contributed by atoms with Crippen molar-refractivity contribution < 1.29 is 4.74 Å². The van der Waals surface area contributed by atoms with E-state index in [0.29, 0.717) is 0 Å². The van der Waals surface area contributed by atoms with Gasteiger partial charge in [0, 0.05) is 44.1 Å². The smallest absolute Gasteiger partial charge is 0.191 e. The van der Waals surface area contributed by atoms with Crippen molar-refractivity contribution in [3.05, 3.63) is 30.1 Å². The summed E-state index contributed by atoms with van der Waals surface area (Å²) < 4.78 is 5.59. The minimum absolute atomic E-state index is 0.216. The molecule has 0 unspecified atom stereocenters. The van der Waals surface area contributed by atoms with Gasteiger partial charge >= 0.3 is 0 Å². The molecule has 2 aliphatic rings. The third-order valence-electron chi connectivity index (χ3n) is 5.77. The number of morpholine rings is 1. The molecule has 27 heavy (non-hydrogen) atoms. The Morgan fingerprint density at radius 3 is 2.74 bits per heavy atom. The van der Waals surface area contributed by atoms with E-state index in [1.807, 2.05) is 18.5 Å². The van der Waals surface area contributed by atoms with Crippen molar-refractivity contribution in [3.8, 4) is 0 Å². The number of rotatable bonds is 7. The first-order valence-electron chi connectivity index (χ1n) is 10.6. The number of ether oxygens (including phenoxy) is 1. The van der Waals surface area contributed by atoms with Gasteiger partial charge in [-0.15, -0.1) is 0 Å². The molecule has 150 valence electrons. The summed E-state index contributed by atoms with van der Waals surface area (Å²) >= 11 is 0. The molecule has 1 saturated carbocycles. The zero-order valence-corrected chi connectivity index (χ0v) is 16.8. The normalized spacial score (nSPS) is 21.0. The van der Waals surface area contributed by atoms with Crippen LogP contribution in [0.4, 0.5) is 0 Å². The van der Waals surface area contributed by atoms with Gasteiger partial charge in [0.1, 0.15) is 0 Å². The van der Waals surface area contributed by atoms with E-state index < -0.39 is 0 Å². The second kappa shape index (κ2) is 10.6. The van der Waals surface area contributed by atoms with Crippen LogP contribution in [-0.2, 0) is 11.2 Å². The zero-order chi connectivity index (χ0) is 18.8. The van der Waals surface area contributed by atoms with Crippen LogP contribution in [0, 0.1) is 0 Å². The molecule has 0 amide bonds. The van der Waals surface area contributed by atoms with Gasteiger partial charge in [0.25, 0.3) is 0 Å². The van der Waals surface area contributed by atoms with Crippen LogP contribution in [0.5, 0.6) is 0 Å². The van der Waals surface area contributed by atoms with Gasteiger partial charge in [-0.25, -0.2) is 0 Å². The van der Waals surface area contributed by atoms with E-state index in [9.17, 15) is 0 Å². The summed E-state index contributed by atoms with van der Waals surface area (Å²) in [7, 11) is 0. The molecular formula is C21H35N5O. The topological polar surface area (TPSA) is 61.8 Å². The SMILES string of the molecule is CCNC(=NCC1(N2CCOCC2)CCCCC1)NCCc1cccnc1. The quantitative estimate of drug-likeness (QED) is 0.567. The molecule has 1 aliphatic heterocycles. The van der Waals surface area contributed by atoms with Crippen molar-refractivity contribution in [1.29, 1.82) is 0 Å². The highest BCUT2D eigenvalue weighted by Crippen LogP contribution is 2.34. The van der Waals surface area contributed by atoms with E-state index in [2.05, 4.69) is 33.5 Å². The number of aromatic nitrogens is 1. The Morgan fingerprint density at radius 2 is 2.04 bits per heavy atom. The van der Waals surface area contributed by atoms with Gasteiger partial charge in [-0.05, 0) is 37.8 Å². The lowest BCUT2D eigenvalue weighted by Crippen LogP contribution is -2.56. The van der Waals surface area contributed by atoms with Crippen molar-refractivity contribution in [3.63, 3.8) is 0 Å². The first kappa shape index (κ1) is 20.1. The van der Waals surface area contributed by atoms with Crippen LogP contribution >= 0.6 is 0 Å². The summed E-state index contributed by atoms with van der Waals surface area (Å²) in [6.45, 7) is 8.53. The maximum absolute atomic E-state index is 5.59. The number of hydrogen-bond acceptors (Lipinski definition) is 4. The van der Waals surface area contributed by atoms with Crippen LogP contribution < -0.4 is 10.6 Å². The fraction of sp³-hybridized carbons (Fsp3) is 0.714. The first-order valence-corrected chi connectivity index (χ1v) is 10.6. The van der Waals surface area contributed by atoms with Gasteiger partial charge in [-0.3, -0.25) is 14.9 Å². The molecule has 0 radical (unpaired) electrons. The van der Waals surface area contributed by atoms with E-state index in [4.69, 9.17) is 9.73 Å². The fourth-order valence-corrected chi connectivity index (χ4v) is 4.26. The van der Waals surface area contributed by atoms with Crippen LogP contribution in [0.1, 0.15) is 44.6 Å². The molecule has 0 aromatic carbocycles. The van der Waals surface area contributed by atoms with Crippen molar-refractivity contribution in [2.24, 2.45) is 4.99 Å². The second-order valence-corrected chi connectivity index (χ2v) is 7.62. The average Bonchev–Trinajstić information content (AvgIpc) is 2.74. The molecule has 6 nitrogen and oxygen atoms in total. The largest absolute Gasteiger partial charge is 0.379 e. The molecule has 6 heteroatoms. The molecule has 3 rings (SSSR count). The number of hydrogen-bond donors (Lipinski definition) is 2. The van der Waals surface area contributed by atoms with E-state index in [1.54, 1.807) is 0 Å². The molecule has 1 saturated heterocycles. The molecule has 2 fully saturated rings. The molecule has 1 aromatic rings. The Hall–Kier alpha value is -1.66. The number of pyridine rings is 1. The highest BCUT2D eigenvalue weighted by molar-refractivity contribution is 5.79. The van der Waals surface area contributed by atoms with Crippen LogP contribution in [-0.4, -0.2) is 67.3 Å².